The molecule has 18 heavy (non-hydrogen) atoms. The fraction of sp³-hybridized carbons (Fsp3) is 0.500. The van der Waals surface area contributed by atoms with Crippen molar-refractivity contribution in [3.8, 4) is 5.75 Å². The van der Waals surface area contributed by atoms with E-state index in [1.165, 1.54) is 5.56 Å². The Hall–Kier alpha value is -1.55. The number of hydrogen-bond acceptors (Lipinski definition) is 3. The molecule has 1 saturated heterocycles. The molecular weight excluding hydrogens is 230 g/mol. The largest absolute Gasteiger partial charge is 0.488 e. The van der Waals surface area contributed by atoms with Crippen LogP contribution in [0.4, 0.5) is 0 Å². The van der Waals surface area contributed by atoms with Crippen LogP contribution in [0, 0.1) is 0 Å². The lowest BCUT2D eigenvalue weighted by Crippen LogP contribution is -2.41. The van der Waals surface area contributed by atoms with E-state index in [9.17, 15) is 4.79 Å². The molecule has 1 aromatic carbocycles. The van der Waals surface area contributed by atoms with Gasteiger partial charge in [0.1, 0.15) is 17.9 Å². The maximum absolute atomic E-state index is 11.1. The smallest absolute Gasteiger partial charge is 0.320 e. The quantitative estimate of drug-likeness (QED) is 0.880. The predicted octanol–water partition coefficient (Wildman–Crippen LogP) is 1.54. The van der Waals surface area contributed by atoms with Gasteiger partial charge < -0.3 is 9.84 Å². The number of benzene rings is 1. The molecule has 1 fully saturated rings. The van der Waals surface area contributed by atoms with E-state index in [1.807, 2.05) is 23.1 Å². The average Bonchev–Trinajstić information content (AvgIpc) is 2.94. The molecule has 1 unspecified atom stereocenters. The van der Waals surface area contributed by atoms with Crippen LogP contribution in [-0.2, 0) is 11.2 Å². The second-order valence-corrected chi connectivity index (χ2v) is 5.04. The zero-order valence-corrected chi connectivity index (χ0v) is 10.2. The fourth-order valence-corrected chi connectivity index (χ4v) is 2.94. The van der Waals surface area contributed by atoms with Crippen molar-refractivity contribution in [2.24, 2.45) is 0 Å². The molecule has 0 spiro atoms. The van der Waals surface area contributed by atoms with E-state index in [1.54, 1.807) is 0 Å². The van der Waals surface area contributed by atoms with Crippen molar-refractivity contribution in [1.82, 2.24) is 4.90 Å². The maximum atomic E-state index is 11.1. The van der Waals surface area contributed by atoms with Crippen LogP contribution in [0.25, 0.3) is 0 Å². The summed E-state index contributed by atoms with van der Waals surface area (Å²) >= 11 is 0. The van der Waals surface area contributed by atoms with Gasteiger partial charge in [-0.25, -0.2) is 0 Å². The molecule has 4 heteroatoms. The van der Waals surface area contributed by atoms with Crippen LogP contribution in [0.2, 0.25) is 0 Å². The molecule has 0 aliphatic carbocycles. The minimum Gasteiger partial charge on any atom is -0.488 e. The Kier molecular flexibility index (Phi) is 2.96. The Labute approximate surface area is 106 Å². The third-order valence-corrected chi connectivity index (χ3v) is 3.80. The van der Waals surface area contributed by atoms with Gasteiger partial charge >= 0.3 is 5.97 Å². The number of carbonyl (C=O) groups is 1. The summed E-state index contributed by atoms with van der Waals surface area (Å²) in [6, 6.07) is 7.72. The van der Waals surface area contributed by atoms with Crippen molar-refractivity contribution >= 4 is 5.97 Å². The van der Waals surface area contributed by atoms with Gasteiger partial charge in [-0.1, -0.05) is 18.2 Å². The lowest BCUT2D eigenvalue weighted by Gasteiger charge is -2.24. The Morgan fingerprint density at radius 3 is 3.06 bits per heavy atom. The summed E-state index contributed by atoms with van der Waals surface area (Å²) in [6.07, 6.45) is 2.72. The first kappa shape index (κ1) is 11.5. The zero-order valence-electron chi connectivity index (χ0n) is 10.2. The number of fused-ring (bicyclic) bond motifs is 1. The van der Waals surface area contributed by atoms with Gasteiger partial charge in [0.15, 0.2) is 0 Å². The van der Waals surface area contributed by atoms with Crippen molar-refractivity contribution < 1.29 is 14.6 Å². The van der Waals surface area contributed by atoms with Crippen LogP contribution in [0.5, 0.6) is 5.75 Å². The van der Waals surface area contributed by atoms with Gasteiger partial charge in [-0.15, -0.1) is 0 Å². The van der Waals surface area contributed by atoms with Crippen molar-refractivity contribution in [1.29, 1.82) is 0 Å². The van der Waals surface area contributed by atoms with Crippen molar-refractivity contribution in [2.45, 2.75) is 31.4 Å². The van der Waals surface area contributed by atoms with Crippen molar-refractivity contribution in [3.63, 3.8) is 0 Å². The molecule has 3 rings (SSSR count). The molecule has 2 aliphatic rings. The molecule has 1 aromatic rings. The zero-order chi connectivity index (χ0) is 12.5. The second-order valence-electron chi connectivity index (χ2n) is 5.04. The molecule has 0 saturated carbocycles. The third-order valence-electron chi connectivity index (χ3n) is 3.80. The number of carboxylic acids is 1. The summed E-state index contributed by atoms with van der Waals surface area (Å²) in [4.78, 5) is 13.2. The number of rotatable bonds is 3. The first-order chi connectivity index (χ1) is 8.74. The SMILES string of the molecule is O=C(O)[C@H]1CCCN1CC1Cc2ccccc2O1. The summed E-state index contributed by atoms with van der Waals surface area (Å²) in [5.41, 5.74) is 1.23. The van der Waals surface area contributed by atoms with Crippen LogP contribution >= 0.6 is 0 Å². The maximum Gasteiger partial charge on any atom is 0.320 e. The van der Waals surface area contributed by atoms with E-state index in [4.69, 9.17) is 9.84 Å². The molecule has 0 bridgehead atoms. The summed E-state index contributed by atoms with van der Waals surface area (Å²) in [7, 11) is 0. The van der Waals surface area contributed by atoms with Gasteiger partial charge in [-0.2, -0.15) is 0 Å². The molecule has 2 atom stereocenters. The predicted molar refractivity (Wildman–Crippen MR) is 66.8 cm³/mol. The third kappa shape index (κ3) is 2.08. The van der Waals surface area contributed by atoms with E-state index < -0.39 is 5.97 Å². The van der Waals surface area contributed by atoms with Crippen LogP contribution in [0.3, 0.4) is 0 Å². The average molecular weight is 247 g/mol. The number of hydrogen-bond donors (Lipinski definition) is 1. The standard InChI is InChI=1S/C14H17NO3/c16-14(17)12-5-3-7-15(12)9-11-8-10-4-1-2-6-13(10)18-11/h1-2,4,6,11-12H,3,5,7-9H2,(H,16,17)/t11?,12-/m1/s1. The molecule has 2 heterocycles. The first-order valence-electron chi connectivity index (χ1n) is 6.45. The van der Waals surface area contributed by atoms with Gasteiger partial charge in [0.2, 0.25) is 0 Å². The number of carboxylic acid groups (broad SMARTS) is 1. The lowest BCUT2D eigenvalue weighted by atomic mass is 10.1. The highest BCUT2D eigenvalue weighted by Gasteiger charge is 2.34. The van der Waals surface area contributed by atoms with Gasteiger partial charge in [0, 0.05) is 13.0 Å². The van der Waals surface area contributed by atoms with Gasteiger partial charge in [-0.3, -0.25) is 9.69 Å². The number of aliphatic carboxylic acids is 1. The molecule has 0 aromatic heterocycles. The molecule has 96 valence electrons. The van der Waals surface area contributed by atoms with Gasteiger partial charge in [-0.05, 0) is 31.0 Å². The van der Waals surface area contributed by atoms with Gasteiger partial charge in [0.05, 0.1) is 0 Å². The Bertz CT molecular complexity index is 435. The van der Waals surface area contributed by atoms with E-state index in [-0.39, 0.29) is 12.1 Å². The van der Waals surface area contributed by atoms with E-state index in [0.717, 1.165) is 31.6 Å². The number of para-hydroxylation sites is 1. The normalized spacial score (nSPS) is 26.9. The summed E-state index contributed by atoms with van der Waals surface area (Å²) < 4.78 is 5.86. The number of likely N-dealkylation sites (tertiary alicyclic amines) is 1. The highest BCUT2D eigenvalue weighted by molar-refractivity contribution is 5.73. The molecular formula is C14H17NO3. The topological polar surface area (TPSA) is 49.8 Å². The second kappa shape index (κ2) is 4.61. The van der Waals surface area contributed by atoms with E-state index >= 15 is 0 Å². The lowest BCUT2D eigenvalue weighted by molar-refractivity contribution is -0.142. The Balaban J connectivity index is 1.64. The van der Waals surface area contributed by atoms with E-state index in [2.05, 4.69) is 6.07 Å². The summed E-state index contributed by atoms with van der Waals surface area (Å²) in [5.74, 6) is 0.247. The number of nitrogens with zero attached hydrogens (tertiary/aromatic N) is 1. The number of ether oxygens (including phenoxy) is 1. The Morgan fingerprint density at radius 1 is 1.44 bits per heavy atom. The first-order valence-corrected chi connectivity index (χ1v) is 6.45. The van der Waals surface area contributed by atoms with Crippen molar-refractivity contribution in [3.05, 3.63) is 29.8 Å². The molecule has 4 nitrogen and oxygen atoms in total. The van der Waals surface area contributed by atoms with Crippen LogP contribution in [-0.4, -0.2) is 41.2 Å². The minimum atomic E-state index is -0.706. The van der Waals surface area contributed by atoms with Crippen LogP contribution in [0.1, 0.15) is 18.4 Å². The monoisotopic (exact) mass is 247 g/mol. The highest BCUT2D eigenvalue weighted by atomic mass is 16.5. The summed E-state index contributed by atoms with van der Waals surface area (Å²) in [5, 5.41) is 9.15. The highest BCUT2D eigenvalue weighted by Crippen LogP contribution is 2.29. The molecule has 2 aliphatic heterocycles. The molecule has 1 N–H and O–H groups in total. The summed E-state index contributed by atoms with van der Waals surface area (Å²) in [6.45, 7) is 1.58. The van der Waals surface area contributed by atoms with Gasteiger partial charge in [0.25, 0.3) is 0 Å². The fourth-order valence-electron chi connectivity index (χ4n) is 2.94. The minimum absolute atomic E-state index is 0.0994. The Morgan fingerprint density at radius 2 is 2.28 bits per heavy atom. The van der Waals surface area contributed by atoms with E-state index in [0.29, 0.717) is 6.54 Å². The van der Waals surface area contributed by atoms with Crippen LogP contribution in [0.15, 0.2) is 24.3 Å². The molecule has 0 radical (unpaired) electrons. The van der Waals surface area contributed by atoms with Crippen molar-refractivity contribution in [2.75, 3.05) is 13.1 Å². The molecule has 0 amide bonds. The van der Waals surface area contributed by atoms with Crippen LogP contribution < -0.4 is 4.74 Å².